The lowest BCUT2D eigenvalue weighted by atomic mass is 9.94. The van der Waals surface area contributed by atoms with E-state index >= 15 is 0 Å². The maximum Gasteiger partial charge on any atom is 0.222 e. The Kier molecular flexibility index (Phi) is 3.37. The number of fused-ring (bicyclic) bond motifs is 1. The predicted molar refractivity (Wildman–Crippen MR) is 80.0 cm³/mol. The van der Waals surface area contributed by atoms with E-state index in [1.54, 1.807) is 14.0 Å². The molecule has 0 aliphatic carbocycles. The number of alkyl halides is 1. The summed E-state index contributed by atoms with van der Waals surface area (Å²) in [6, 6.07) is 14.8. The van der Waals surface area contributed by atoms with Gasteiger partial charge in [-0.05, 0) is 37.3 Å². The fourth-order valence-electron chi connectivity index (χ4n) is 2.38. The first-order valence-electron chi connectivity index (χ1n) is 6.74. The highest BCUT2D eigenvalue weighted by Gasteiger charge is 2.36. The van der Waals surface area contributed by atoms with E-state index in [0.29, 0.717) is 5.90 Å². The van der Waals surface area contributed by atoms with Crippen LogP contribution in [0.2, 0.25) is 0 Å². The highest BCUT2D eigenvalue weighted by atomic mass is 19.1. The summed E-state index contributed by atoms with van der Waals surface area (Å²) in [6.07, 6.45) is 0. The third-order valence-corrected chi connectivity index (χ3v) is 3.61. The molecule has 0 saturated heterocycles. The topological polar surface area (TPSA) is 30.8 Å². The van der Waals surface area contributed by atoms with Crippen molar-refractivity contribution in [1.82, 2.24) is 0 Å². The number of hydrogen-bond donors (Lipinski definition) is 0. The Bertz CT molecular complexity index is 681. The van der Waals surface area contributed by atoms with Gasteiger partial charge in [0.05, 0.1) is 12.8 Å². The number of rotatable bonds is 3. The number of ether oxygens (including phenoxy) is 2. The van der Waals surface area contributed by atoms with Crippen LogP contribution in [-0.2, 0) is 10.3 Å². The summed E-state index contributed by atoms with van der Waals surface area (Å²) in [5.41, 5.74) is 1.30. The van der Waals surface area contributed by atoms with Crippen LogP contribution in [0.3, 0.4) is 0 Å². The second-order valence-electron chi connectivity index (χ2n) is 5.13. The standard InChI is InChI=1S/C17H16FNO2/c1-17(11-18)14-5-3-4-6-15(14)19-16(21-17)12-7-9-13(20-2)10-8-12/h3-10H,11H2,1-2H3. The van der Waals surface area contributed by atoms with Crippen LogP contribution in [0, 0.1) is 0 Å². The predicted octanol–water partition coefficient (Wildman–Crippen LogP) is 3.99. The molecule has 1 aliphatic rings. The molecule has 0 radical (unpaired) electrons. The zero-order valence-electron chi connectivity index (χ0n) is 12.0. The van der Waals surface area contributed by atoms with Crippen molar-refractivity contribution < 1.29 is 13.9 Å². The van der Waals surface area contributed by atoms with Crippen molar-refractivity contribution in [3.05, 3.63) is 59.7 Å². The molecule has 1 aliphatic heterocycles. The van der Waals surface area contributed by atoms with Crippen LogP contribution in [0.1, 0.15) is 18.1 Å². The molecular formula is C17H16FNO2. The number of benzene rings is 2. The fraction of sp³-hybridized carbons (Fsp3) is 0.235. The molecule has 1 heterocycles. The van der Waals surface area contributed by atoms with E-state index in [9.17, 15) is 4.39 Å². The van der Waals surface area contributed by atoms with Crippen LogP contribution >= 0.6 is 0 Å². The molecular weight excluding hydrogens is 269 g/mol. The molecule has 0 aromatic heterocycles. The lowest BCUT2D eigenvalue weighted by molar-refractivity contribution is 0.0421. The molecule has 0 fully saturated rings. The van der Waals surface area contributed by atoms with Crippen molar-refractivity contribution in [3.8, 4) is 5.75 Å². The first-order chi connectivity index (χ1) is 10.2. The number of aliphatic imine (C=N–C) groups is 1. The molecule has 0 saturated carbocycles. The molecule has 2 aromatic rings. The maximum atomic E-state index is 13.5. The van der Waals surface area contributed by atoms with E-state index < -0.39 is 12.3 Å². The molecule has 21 heavy (non-hydrogen) atoms. The summed E-state index contributed by atoms with van der Waals surface area (Å²) in [6.45, 7) is 1.13. The van der Waals surface area contributed by atoms with E-state index in [4.69, 9.17) is 9.47 Å². The minimum atomic E-state index is -1.01. The van der Waals surface area contributed by atoms with Crippen molar-refractivity contribution in [2.45, 2.75) is 12.5 Å². The van der Waals surface area contributed by atoms with Gasteiger partial charge in [0, 0.05) is 11.1 Å². The Balaban J connectivity index is 2.06. The molecule has 0 amide bonds. The summed E-state index contributed by atoms with van der Waals surface area (Å²) in [5, 5.41) is 0. The van der Waals surface area contributed by atoms with E-state index in [0.717, 1.165) is 22.6 Å². The van der Waals surface area contributed by atoms with Gasteiger partial charge in [-0.1, -0.05) is 18.2 Å². The van der Waals surface area contributed by atoms with Crippen LogP contribution in [-0.4, -0.2) is 19.7 Å². The first-order valence-corrected chi connectivity index (χ1v) is 6.74. The van der Waals surface area contributed by atoms with Crippen LogP contribution in [0.15, 0.2) is 53.5 Å². The summed E-state index contributed by atoms with van der Waals surface area (Å²) in [4.78, 5) is 4.50. The summed E-state index contributed by atoms with van der Waals surface area (Å²) < 4.78 is 24.5. The third-order valence-electron chi connectivity index (χ3n) is 3.61. The highest BCUT2D eigenvalue weighted by molar-refractivity contribution is 5.97. The number of para-hydroxylation sites is 1. The molecule has 3 nitrogen and oxygen atoms in total. The Morgan fingerprint density at radius 1 is 1.14 bits per heavy atom. The van der Waals surface area contributed by atoms with E-state index in [1.807, 2.05) is 48.5 Å². The van der Waals surface area contributed by atoms with Crippen molar-refractivity contribution in [2.75, 3.05) is 13.8 Å². The Morgan fingerprint density at radius 2 is 1.86 bits per heavy atom. The molecule has 0 N–H and O–H groups in total. The van der Waals surface area contributed by atoms with Gasteiger partial charge in [0.1, 0.15) is 12.4 Å². The van der Waals surface area contributed by atoms with Gasteiger partial charge >= 0.3 is 0 Å². The van der Waals surface area contributed by atoms with Gasteiger partial charge in [-0.25, -0.2) is 9.38 Å². The average Bonchev–Trinajstić information content (AvgIpc) is 2.55. The first kappa shape index (κ1) is 13.6. The zero-order valence-corrected chi connectivity index (χ0v) is 12.0. The van der Waals surface area contributed by atoms with Gasteiger partial charge in [-0.15, -0.1) is 0 Å². The number of halogens is 1. The zero-order chi connectivity index (χ0) is 14.9. The lowest BCUT2D eigenvalue weighted by Gasteiger charge is -2.33. The van der Waals surface area contributed by atoms with Crippen LogP contribution < -0.4 is 4.74 Å². The maximum absolute atomic E-state index is 13.5. The minimum absolute atomic E-state index is 0.427. The summed E-state index contributed by atoms with van der Waals surface area (Å²) >= 11 is 0. The SMILES string of the molecule is COc1ccc(C2=Nc3ccccc3C(C)(CF)O2)cc1. The van der Waals surface area contributed by atoms with E-state index in [2.05, 4.69) is 4.99 Å². The molecule has 2 aromatic carbocycles. The van der Waals surface area contributed by atoms with E-state index in [1.165, 1.54) is 0 Å². The Labute approximate surface area is 123 Å². The van der Waals surface area contributed by atoms with Crippen molar-refractivity contribution in [3.63, 3.8) is 0 Å². The molecule has 1 unspecified atom stereocenters. The van der Waals surface area contributed by atoms with Crippen LogP contribution in [0.4, 0.5) is 10.1 Å². The Hall–Kier alpha value is -2.36. The highest BCUT2D eigenvalue weighted by Crippen LogP contribution is 2.38. The van der Waals surface area contributed by atoms with Gasteiger partial charge in [0.25, 0.3) is 0 Å². The fourth-order valence-corrected chi connectivity index (χ4v) is 2.38. The van der Waals surface area contributed by atoms with Gasteiger partial charge in [-0.2, -0.15) is 0 Å². The summed E-state index contributed by atoms with van der Waals surface area (Å²) in [7, 11) is 1.61. The largest absolute Gasteiger partial charge is 0.497 e. The minimum Gasteiger partial charge on any atom is -0.497 e. The second kappa shape index (κ2) is 5.20. The molecule has 1 atom stereocenters. The van der Waals surface area contributed by atoms with Crippen molar-refractivity contribution in [2.24, 2.45) is 4.99 Å². The third kappa shape index (κ3) is 2.37. The number of hydrogen-bond acceptors (Lipinski definition) is 3. The van der Waals surface area contributed by atoms with Gasteiger partial charge in [-0.3, -0.25) is 0 Å². The number of nitrogens with zero attached hydrogens (tertiary/aromatic N) is 1. The second-order valence-corrected chi connectivity index (χ2v) is 5.13. The van der Waals surface area contributed by atoms with Crippen molar-refractivity contribution in [1.29, 1.82) is 0 Å². The smallest absolute Gasteiger partial charge is 0.222 e. The molecule has 0 spiro atoms. The Morgan fingerprint density at radius 3 is 2.52 bits per heavy atom. The van der Waals surface area contributed by atoms with Gasteiger partial charge in [0.15, 0.2) is 5.60 Å². The molecule has 108 valence electrons. The van der Waals surface area contributed by atoms with Crippen molar-refractivity contribution >= 4 is 11.6 Å². The van der Waals surface area contributed by atoms with E-state index in [-0.39, 0.29) is 0 Å². The van der Waals surface area contributed by atoms with Crippen LogP contribution in [0.25, 0.3) is 0 Å². The molecule has 0 bridgehead atoms. The molecule has 4 heteroatoms. The monoisotopic (exact) mass is 285 g/mol. The quantitative estimate of drug-likeness (QED) is 0.853. The van der Waals surface area contributed by atoms with Gasteiger partial charge < -0.3 is 9.47 Å². The molecule has 3 rings (SSSR count). The summed E-state index contributed by atoms with van der Waals surface area (Å²) in [5.74, 6) is 1.18. The lowest BCUT2D eigenvalue weighted by Crippen LogP contribution is -2.34. The number of methoxy groups -OCH3 is 1. The average molecular weight is 285 g/mol. The van der Waals surface area contributed by atoms with Crippen LogP contribution in [0.5, 0.6) is 5.75 Å². The normalized spacial score (nSPS) is 20.2. The van der Waals surface area contributed by atoms with Gasteiger partial charge in [0.2, 0.25) is 5.90 Å².